The van der Waals surface area contributed by atoms with Gasteiger partial charge in [-0.25, -0.2) is 4.98 Å². The van der Waals surface area contributed by atoms with Gasteiger partial charge in [-0.15, -0.1) is 11.3 Å². The van der Waals surface area contributed by atoms with E-state index in [2.05, 4.69) is 10.3 Å². The number of carbonyl (C=O) groups excluding carboxylic acids is 1. The Morgan fingerprint density at radius 1 is 1.15 bits per heavy atom. The predicted molar refractivity (Wildman–Crippen MR) is 104 cm³/mol. The van der Waals surface area contributed by atoms with Crippen molar-refractivity contribution in [1.82, 2.24) is 4.98 Å². The molecule has 134 valence electrons. The molecule has 0 fully saturated rings. The normalized spacial score (nSPS) is 10.5. The van der Waals surface area contributed by atoms with E-state index >= 15 is 0 Å². The number of thiophene rings is 1. The van der Waals surface area contributed by atoms with Crippen molar-refractivity contribution in [1.29, 1.82) is 0 Å². The van der Waals surface area contributed by atoms with Crippen molar-refractivity contribution < 1.29 is 14.3 Å². The third-order valence-electron chi connectivity index (χ3n) is 3.50. The lowest BCUT2D eigenvalue weighted by atomic mass is 10.2. The van der Waals surface area contributed by atoms with Crippen LogP contribution in [0.3, 0.4) is 0 Å². The first-order valence-corrected chi connectivity index (χ1v) is 9.10. The Hall–Kier alpha value is -2.41. The molecular weight excluding hydrogens is 372 g/mol. The van der Waals surface area contributed by atoms with E-state index in [0.717, 1.165) is 10.4 Å². The summed E-state index contributed by atoms with van der Waals surface area (Å²) in [5, 5.41) is 3.53. The maximum absolute atomic E-state index is 12.6. The standard InChI is InChI=1S/C19H17ClN2O3S/c1-24-11-12-25-19-15(3-2-10-21-19)22-18(23)17-9-8-16(26-17)13-4-6-14(20)7-5-13/h2-10H,11-12H2,1H3,(H,22,23). The molecule has 0 atom stereocenters. The highest BCUT2D eigenvalue weighted by atomic mass is 35.5. The number of ether oxygens (including phenoxy) is 2. The zero-order valence-corrected chi connectivity index (χ0v) is 15.6. The molecule has 1 N–H and O–H groups in total. The fourth-order valence-electron chi connectivity index (χ4n) is 2.24. The summed E-state index contributed by atoms with van der Waals surface area (Å²) in [7, 11) is 1.60. The number of benzene rings is 1. The second-order valence-corrected chi connectivity index (χ2v) is 6.84. The van der Waals surface area contributed by atoms with Gasteiger partial charge in [0.25, 0.3) is 5.91 Å². The van der Waals surface area contributed by atoms with Crippen LogP contribution in [0, 0.1) is 0 Å². The maximum atomic E-state index is 12.6. The number of rotatable bonds is 7. The van der Waals surface area contributed by atoms with E-state index in [1.807, 2.05) is 30.3 Å². The predicted octanol–water partition coefficient (Wildman–Crippen LogP) is 4.74. The van der Waals surface area contributed by atoms with E-state index in [1.54, 1.807) is 31.5 Å². The molecule has 3 rings (SSSR count). The number of hydrogen-bond donors (Lipinski definition) is 1. The fourth-order valence-corrected chi connectivity index (χ4v) is 3.27. The van der Waals surface area contributed by atoms with E-state index in [-0.39, 0.29) is 5.91 Å². The minimum Gasteiger partial charge on any atom is -0.474 e. The monoisotopic (exact) mass is 388 g/mol. The first-order chi connectivity index (χ1) is 12.7. The molecule has 7 heteroatoms. The van der Waals surface area contributed by atoms with Gasteiger partial charge in [0.1, 0.15) is 12.3 Å². The molecule has 2 aromatic heterocycles. The summed E-state index contributed by atoms with van der Waals surface area (Å²) < 4.78 is 10.5. The van der Waals surface area contributed by atoms with Gasteiger partial charge in [-0.05, 0) is 42.0 Å². The summed E-state index contributed by atoms with van der Waals surface area (Å²) in [6.07, 6.45) is 1.61. The zero-order valence-electron chi connectivity index (χ0n) is 14.1. The summed E-state index contributed by atoms with van der Waals surface area (Å²) in [6.45, 7) is 0.801. The van der Waals surface area contributed by atoms with Crippen LogP contribution in [-0.4, -0.2) is 31.2 Å². The van der Waals surface area contributed by atoms with Crippen molar-refractivity contribution in [2.24, 2.45) is 0 Å². The van der Waals surface area contributed by atoms with Gasteiger partial charge in [-0.1, -0.05) is 23.7 Å². The molecule has 0 saturated carbocycles. The highest BCUT2D eigenvalue weighted by Gasteiger charge is 2.13. The van der Waals surface area contributed by atoms with Gasteiger partial charge in [0.05, 0.1) is 11.5 Å². The van der Waals surface area contributed by atoms with E-state index in [9.17, 15) is 4.79 Å². The van der Waals surface area contributed by atoms with Crippen molar-refractivity contribution in [2.75, 3.05) is 25.6 Å². The second kappa shape index (κ2) is 8.80. The summed E-state index contributed by atoms with van der Waals surface area (Å²) in [5.41, 5.74) is 1.54. The highest BCUT2D eigenvalue weighted by Crippen LogP contribution is 2.30. The number of carbonyl (C=O) groups is 1. The summed E-state index contributed by atoms with van der Waals surface area (Å²) in [5.74, 6) is 0.159. The van der Waals surface area contributed by atoms with E-state index in [4.69, 9.17) is 21.1 Å². The zero-order chi connectivity index (χ0) is 18.4. The van der Waals surface area contributed by atoms with Crippen LogP contribution in [0.2, 0.25) is 5.02 Å². The third-order valence-corrected chi connectivity index (χ3v) is 4.89. The lowest BCUT2D eigenvalue weighted by Crippen LogP contribution is -2.13. The molecule has 1 amide bonds. The second-order valence-electron chi connectivity index (χ2n) is 5.32. The van der Waals surface area contributed by atoms with Gasteiger partial charge in [0.2, 0.25) is 5.88 Å². The van der Waals surface area contributed by atoms with Crippen LogP contribution in [0.15, 0.2) is 54.7 Å². The first kappa shape index (κ1) is 18.4. The molecule has 26 heavy (non-hydrogen) atoms. The van der Waals surface area contributed by atoms with Gasteiger partial charge in [0, 0.05) is 23.2 Å². The smallest absolute Gasteiger partial charge is 0.265 e. The minimum atomic E-state index is -0.209. The van der Waals surface area contributed by atoms with Gasteiger partial charge in [-0.2, -0.15) is 0 Å². The molecule has 0 saturated heterocycles. The Morgan fingerprint density at radius 2 is 1.96 bits per heavy atom. The van der Waals surface area contributed by atoms with E-state index in [0.29, 0.717) is 34.7 Å². The Morgan fingerprint density at radius 3 is 2.73 bits per heavy atom. The van der Waals surface area contributed by atoms with Crippen molar-refractivity contribution >= 4 is 34.5 Å². The molecule has 0 spiro atoms. The van der Waals surface area contributed by atoms with Crippen LogP contribution in [0.1, 0.15) is 9.67 Å². The minimum absolute atomic E-state index is 0.209. The summed E-state index contributed by atoms with van der Waals surface area (Å²) >= 11 is 7.33. The number of pyridine rings is 1. The average Bonchev–Trinajstić information content (AvgIpc) is 3.14. The molecule has 0 aliphatic carbocycles. The molecule has 2 heterocycles. The molecule has 0 aliphatic rings. The third kappa shape index (κ3) is 4.60. The molecule has 0 radical (unpaired) electrons. The van der Waals surface area contributed by atoms with Crippen LogP contribution in [0.5, 0.6) is 5.88 Å². The van der Waals surface area contributed by atoms with Crippen molar-refractivity contribution in [3.8, 4) is 16.3 Å². The van der Waals surface area contributed by atoms with Gasteiger partial charge in [0.15, 0.2) is 0 Å². The lowest BCUT2D eigenvalue weighted by molar-refractivity contribution is 0.102. The largest absolute Gasteiger partial charge is 0.474 e. The lowest BCUT2D eigenvalue weighted by Gasteiger charge is -2.10. The average molecular weight is 389 g/mol. The molecule has 0 unspecified atom stereocenters. The number of amides is 1. The number of methoxy groups -OCH3 is 1. The Bertz CT molecular complexity index is 881. The Kier molecular flexibility index (Phi) is 6.22. The number of hydrogen-bond acceptors (Lipinski definition) is 5. The number of nitrogens with one attached hydrogen (secondary N) is 1. The fraction of sp³-hybridized carbons (Fsp3) is 0.158. The first-order valence-electron chi connectivity index (χ1n) is 7.91. The SMILES string of the molecule is COCCOc1ncccc1NC(=O)c1ccc(-c2ccc(Cl)cc2)s1. The number of anilines is 1. The summed E-state index contributed by atoms with van der Waals surface area (Å²) in [4.78, 5) is 18.3. The van der Waals surface area contributed by atoms with Crippen molar-refractivity contribution in [3.63, 3.8) is 0 Å². The number of halogens is 1. The van der Waals surface area contributed by atoms with Gasteiger partial charge < -0.3 is 14.8 Å². The van der Waals surface area contributed by atoms with Crippen molar-refractivity contribution in [2.45, 2.75) is 0 Å². The van der Waals surface area contributed by atoms with Crippen LogP contribution in [0.4, 0.5) is 5.69 Å². The van der Waals surface area contributed by atoms with Gasteiger partial charge >= 0.3 is 0 Å². The van der Waals surface area contributed by atoms with Crippen LogP contribution in [-0.2, 0) is 4.74 Å². The number of nitrogens with zero attached hydrogens (tertiary/aromatic N) is 1. The highest BCUT2D eigenvalue weighted by molar-refractivity contribution is 7.17. The molecule has 5 nitrogen and oxygen atoms in total. The van der Waals surface area contributed by atoms with E-state index < -0.39 is 0 Å². The Labute approximate surface area is 160 Å². The Balaban J connectivity index is 1.72. The molecule has 0 aliphatic heterocycles. The maximum Gasteiger partial charge on any atom is 0.265 e. The van der Waals surface area contributed by atoms with Gasteiger partial charge in [-0.3, -0.25) is 4.79 Å². The molecular formula is C19H17ClN2O3S. The number of aromatic nitrogens is 1. The summed E-state index contributed by atoms with van der Waals surface area (Å²) in [6, 6.07) is 14.7. The van der Waals surface area contributed by atoms with Crippen LogP contribution >= 0.6 is 22.9 Å². The molecule has 0 bridgehead atoms. The molecule has 3 aromatic rings. The topological polar surface area (TPSA) is 60.5 Å². The quantitative estimate of drug-likeness (QED) is 0.594. The van der Waals surface area contributed by atoms with E-state index in [1.165, 1.54) is 11.3 Å². The van der Waals surface area contributed by atoms with Crippen LogP contribution in [0.25, 0.3) is 10.4 Å². The van der Waals surface area contributed by atoms with Crippen LogP contribution < -0.4 is 10.1 Å². The van der Waals surface area contributed by atoms with Crippen molar-refractivity contribution in [3.05, 3.63) is 64.6 Å². The molecule has 1 aromatic carbocycles.